The number of methoxy groups -OCH3 is 3. The van der Waals surface area contributed by atoms with Gasteiger partial charge >= 0.3 is 0 Å². The number of rotatable bonds is 4. The van der Waals surface area contributed by atoms with Gasteiger partial charge in [-0.1, -0.05) is 11.6 Å². The van der Waals surface area contributed by atoms with Crippen LogP contribution in [0.2, 0.25) is 5.02 Å². The van der Waals surface area contributed by atoms with Gasteiger partial charge in [-0.3, -0.25) is 4.99 Å². The van der Waals surface area contributed by atoms with Gasteiger partial charge < -0.3 is 14.2 Å². The van der Waals surface area contributed by atoms with Crippen LogP contribution in [-0.2, 0) is 6.42 Å². The maximum Gasteiger partial charge on any atom is 0.161 e. The van der Waals surface area contributed by atoms with Crippen molar-refractivity contribution in [3.05, 3.63) is 51.4 Å². The SMILES string of the molecule is COc1ccc2sc(C3=NCCc4cc(OC)c(OC)cc43)c(Cl)c2c1. The number of aliphatic imine (C=N–C) groups is 1. The van der Waals surface area contributed by atoms with E-state index in [1.165, 1.54) is 5.56 Å². The lowest BCUT2D eigenvalue weighted by Gasteiger charge is -2.19. The summed E-state index contributed by atoms with van der Waals surface area (Å²) in [6, 6.07) is 9.98. The van der Waals surface area contributed by atoms with Crippen molar-refractivity contribution in [2.75, 3.05) is 27.9 Å². The molecular formula is C20H18ClNO3S. The first kappa shape index (κ1) is 17.2. The van der Waals surface area contributed by atoms with Crippen LogP contribution in [0.25, 0.3) is 10.1 Å². The van der Waals surface area contributed by atoms with Crippen molar-refractivity contribution in [1.82, 2.24) is 0 Å². The first-order valence-electron chi connectivity index (χ1n) is 8.22. The van der Waals surface area contributed by atoms with Gasteiger partial charge in [0, 0.05) is 22.2 Å². The van der Waals surface area contributed by atoms with Gasteiger partial charge in [0.1, 0.15) is 5.75 Å². The van der Waals surface area contributed by atoms with Crippen molar-refractivity contribution < 1.29 is 14.2 Å². The Bertz CT molecular complexity index is 1030. The molecule has 3 aromatic rings. The summed E-state index contributed by atoms with van der Waals surface area (Å²) in [7, 11) is 4.95. The molecular weight excluding hydrogens is 370 g/mol. The number of nitrogens with zero attached hydrogens (tertiary/aromatic N) is 1. The summed E-state index contributed by atoms with van der Waals surface area (Å²) in [5.74, 6) is 2.22. The van der Waals surface area contributed by atoms with E-state index in [-0.39, 0.29) is 0 Å². The summed E-state index contributed by atoms with van der Waals surface area (Å²) in [5, 5.41) is 1.70. The van der Waals surface area contributed by atoms with E-state index in [0.29, 0.717) is 10.8 Å². The Morgan fingerprint density at radius 1 is 1.00 bits per heavy atom. The normalized spacial score (nSPS) is 13.3. The summed E-state index contributed by atoms with van der Waals surface area (Å²) in [6.45, 7) is 0.728. The van der Waals surface area contributed by atoms with Crippen LogP contribution in [0.15, 0.2) is 35.3 Å². The molecule has 6 heteroatoms. The highest BCUT2D eigenvalue weighted by atomic mass is 35.5. The van der Waals surface area contributed by atoms with Crippen molar-refractivity contribution in [2.45, 2.75) is 6.42 Å². The smallest absolute Gasteiger partial charge is 0.161 e. The lowest BCUT2D eigenvalue weighted by molar-refractivity contribution is 0.354. The Morgan fingerprint density at radius 2 is 1.77 bits per heavy atom. The molecule has 0 fully saturated rings. The second-order valence-electron chi connectivity index (χ2n) is 5.95. The fourth-order valence-corrected chi connectivity index (χ4v) is 4.76. The lowest BCUT2D eigenvalue weighted by Crippen LogP contribution is -2.14. The van der Waals surface area contributed by atoms with Crippen molar-refractivity contribution in [1.29, 1.82) is 0 Å². The summed E-state index contributed by atoms with van der Waals surface area (Å²) >= 11 is 8.38. The van der Waals surface area contributed by atoms with Gasteiger partial charge in [-0.05, 0) is 42.3 Å². The molecule has 134 valence electrons. The number of thiophene rings is 1. The topological polar surface area (TPSA) is 40.0 Å². The van der Waals surface area contributed by atoms with Crippen LogP contribution in [0.3, 0.4) is 0 Å². The lowest BCUT2D eigenvalue weighted by atomic mass is 9.95. The van der Waals surface area contributed by atoms with E-state index in [2.05, 4.69) is 0 Å². The highest BCUT2D eigenvalue weighted by Crippen LogP contribution is 2.41. The average molecular weight is 388 g/mol. The zero-order chi connectivity index (χ0) is 18.3. The quantitative estimate of drug-likeness (QED) is 0.634. The molecule has 0 aliphatic carbocycles. The molecule has 0 saturated carbocycles. The molecule has 0 radical (unpaired) electrons. The number of ether oxygens (including phenoxy) is 3. The predicted octanol–water partition coefficient (Wildman–Crippen LogP) is 4.97. The first-order valence-corrected chi connectivity index (χ1v) is 9.41. The molecule has 4 rings (SSSR count). The fraction of sp³-hybridized carbons (Fsp3) is 0.250. The molecule has 0 unspecified atom stereocenters. The van der Waals surface area contributed by atoms with Gasteiger partial charge in [-0.25, -0.2) is 0 Å². The number of hydrogen-bond acceptors (Lipinski definition) is 5. The van der Waals surface area contributed by atoms with Crippen LogP contribution in [0.5, 0.6) is 17.2 Å². The monoisotopic (exact) mass is 387 g/mol. The highest BCUT2D eigenvalue weighted by Gasteiger charge is 2.24. The maximum absolute atomic E-state index is 6.74. The summed E-state index contributed by atoms with van der Waals surface area (Å²) < 4.78 is 17.4. The zero-order valence-electron chi connectivity index (χ0n) is 14.8. The minimum absolute atomic E-state index is 0.694. The van der Waals surface area contributed by atoms with Crippen molar-refractivity contribution in [3.63, 3.8) is 0 Å². The molecule has 4 nitrogen and oxygen atoms in total. The van der Waals surface area contributed by atoms with Gasteiger partial charge in [0.2, 0.25) is 0 Å². The third-order valence-corrected chi connectivity index (χ3v) is 6.25. The van der Waals surface area contributed by atoms with E-state index >= 15 is 0 Å². The molecule has 2 heterocycles. The summed E-state index contributed by atoms with van der Waals surface area (Å²) in [4.78, 5) is 5.76. The molecule has 26 heavy (non-hydrogen) atoms. The van der Waals surface area contributed by atoms with E-state index in [9.17, 15) is 0 Å². The Balaban J connectivity index is 1.89. The highest BCUT2D eigenvalue weighted by molar-refractivity contribution is 7.21. The minimum Gasteiger partial charge on any atom is -0.497 e. The second-order valence-corrected chi connectivity index (χ2v) is 7.38. The van der Waals surface area contributed by atoms with E-state index in [4.69, 9.17) is 30.8 Å². The third kappa shape index (κ3) is 2.72. The van der Waals surface area contributed by atoms with E-state index in [1.807, 2.05) is 30.3 Å². The van der Waals surface area contributed by atoms with Crippen LogP contribution in [0.1, 0.15) is 16.0 Å². The zero-order valence-corrected chi connectivity index (χ0v) is 16.3. The molecule has 1 aromatic heterocycles. The van der Waals surface area contributed by atoms with Crippen LogP contribution in [0.4, 0.5) is 0 Å². The molecule has 0 spiro atoms. The Morgan fingerprint density at radius 3 is 2.50 bits per heavy atom. The molecule has 2 aromatic carbocycles. The largest absolute Gasteiger partial charge is 0.497 e. The Labute approximate surface area is 161 Å². The second kappa shape index (κ2) is 6.82. The van der Waals surface area contributed by atoms with Gasteiger partial charge in [0.05, 0.1) is 36.9 Å². The number of halogens is 1. The molecule has 0 N–H and O–H groups in total. The number of benzene rings is 2. The average Bonchev–Trinajstić information content (AvgIpc) is 3.02. The van der Waals surface area contributed by atoms with Gasteiger partial charge in [-0.15, -0.1) is 11.3 Å². The molecule has 0 bridgehead atoms. The maximum atomic E-state index is 6.74. The van der Waals surface area contributed by atoms with Crippen LogP contribution in [-0.4, -0.2) is 33.6 Å². The van der Waals surface area contributed by atoms with E-state index < -0.39 is 0 Å². The molecule has 0 saturated heterocycles. The van der Waals surface area contributed by atoms with E-state index in [1.54, 1.807) is 32.7 Å². The fourth-order valence-electron chi connectivity index (χ4n) is 3.24. The first-order chi connectivity index (χ1) is 12.7. The molecule has 0 amide bonds. The number of fused-ring (bicyclic) bond motifs is 2. The van der Waals surface area contributed by atoms with Crippen LogP contribution in [0, 0.1) is 0 Å². The van der Waals surface area contributed by atoms with Crippen LogP contribution >= 0.6 is 22.9 Å². The van der Waals surface area contributed by atoms with Gasteiger partial charge in [0.25, 0.3) is 0 Å². The molecule has 1 aliphatic rings. The van der Waals surface area contributed by atoms with E-state index in [0.717, 1.165) is 50.7 Å². The summed E-state index contributed by atoms with van der Waals surface area (Å²) in [5.41, 5.74) is 3.16. The Hall–Kier alpha value is -2.24. The third-order valence-electron chi connectivity index (χ3n) is 4.57. The molecule has 0 atom stereocenters. The minimum atomic E-state index is 0.694. The van der Waals surface area contributed by atoms with Gasteiger partial charge in [-0.2, -0.15) is 0 Å². The standard InChI is InChI=1S/C20H18ClNO3S/c1-23-12-4-5-17-14(9-12)18(21)20(26-17)19-13-10-16(25-3)15(24-2)8-11(13)6-7-22-19/h4-5,8-10H,6-7H2,1-3H3. The van der Waals surface area contributed by atoms with Crippen molar-refractivity contribution in [2.24, 2.45) is 4.99 Å². The number of hydrogen-bond donors (Lipinski definition) is 0. The molecule has 1 aliphatic heterocycles. The van der Waals surface area contributed by atoms with Crippen molar-refractivity contribution >= 4 is 38.7 Å². The summed E-state index contributed by atoms with van der Waals surface area (Å²) in [6.07, 6.45) is 0.871. The Kier molecular flexibility index (Phi) is 4.51. The predicted molar refractivity (Wildman–Crippen MR) is 107 cm³/mol. The van der Waals surface area contributed by atoms with Crippen molar-refractivity contribution in [3.8, 4) is 17.2 Å². The van der Waals surface area contributed by atoms with Crippen LogP contribution < -0.4 is 14.2 Å². The van der Waals surface area contributed by atoms with Gasteiger partial charge in [0.15, 0.2) is 11.5 Å².